The van der Waals surface area contributed by atoms with Crippen LogP contribution in [0.3, 0.4) is 0 Å². The smallest absolute Gasteiger partial charge is 0.309 e. The van der Waals surface area contributed by atoms with Crippen LogP contribution in [0.25, 0.3) is 0 Å². The second-order valence-electron chi connectivity index (χ2n) is 4.42. The van der Waals surface area contributed by atoms with E-state index < -0.39 is 0 Å². The zero-order chi connectivity index (χ0) is 10.1. The Hall–Kier alpha value is -0.860. The summed E-state index contributed by atoms with van der Waals surface area (Å²) in [5, 5.41) is 0. The van der Waals surface area contributed by atoms with Crippen molar-refractivity contribution in [2.45, 2.75) is 45.1 Å². The van der Waals surface area contributed by atoms with Crippen LogP contribution < -0.4 is 0 Å². The SMILES string of the molecule is C[C@@H]1C(=O)O[C@@H]2CCCCC(=O)C[C@@H]12. The molecule has 3 nitrogen and oxygen atoms in total. The predicted molar refractivity (Wildman–Crippen MR) is 50.6 cm³/mol. The summed E-state index contributed by atoms with van der Waals surface area (Å²) < 4.78 is 5.27. The molecule has 1 saturated carbocycles. The van der Waals surface area contributed by atoms with Crippen molar-refractivity contribution < 1.29 is 14.3 Å². The van der Waals surface area contributed by atoms with E-state index in [2.05, 4.69) is 0 Å². The Bertz CT molecular complexity index is 259. The monoisotopic (exact) mass is 196 g/mol. The number of fused-ring (bicyclic) bond motifs is 1. The molecule has 0 bridgehead atoms. The van der Waals surface area contributed by atoms with Crippen molar-refractivity contribution in [2.24, 2.45) is 11.8 Å². The zero-order valence-electron chi connectivity index (χ0n) is 8.49. The summed E-state index contributed by atoms with van der Waals surface area (Å²) in [6.07, 6.45) is 4.14. The van der Waals surface area contributed by atoms with E-state index in [1.54, 1.807) is 0 Å². The van der Waals surface area contributed by atoms with Gasteiger partial charge in [-0.2, -0.15) is 0 Å². The highest BCUT2D eigenvalue weighted by Gasteiger charge is 2.42. The van der Waals surface area contributed by atoms with Gasteiger partial charge in [0.2, 0.25) is 0 Å². The molecule has 0 radical (unpaired) electrons. The lowest BCUT2D eigenvalue weighted by molar-refractivity contribution is -0.144. The molecule has 2 rings (SSSR count). The Labute approximate surface area is 83.8 Å². The van der Waals surface area contributed by atoms with Gasteiger partial charge in [0.05, 0.1) is 5.92 Å². The fourth-order valence-corrected chi connectivity index (χ4v) is 2.45. The van der Waals surface area contributed by atoms with Gasteiger partial charge in [0, 0.05) is 18.8 Å². The molecule has 0 unspecified atom stereocenters. The van der Waals surface area contributed by atoms with E-state index >= 15 is 0 Å². The second-order valence-corrected chi connectivity index (χ2v) is 4.42. The fourth-order valence-electron chi connectivity index (χ4n) is 2.45. The van der Waals surface area contributed by atoms with E-state index in [-0.39, 0.29) is 23.9 Å². The highest BCUT2D eigenvalue weighted by atomic mass is 16.6. The minimum atomic E-state index is -0.116. The van der Waals surface area contributed by atoms with Gasteiger partial charge in [-0.1, -0.05) is 6.92 Å². The molecule has 1 aliphatic heterocycles. The third-order valence-electron chi connectivity index (χ3n) is 3.42. The molecule has 0 N–H and O–H groups in total. The van der Waals surface area contributed by atoms with Crippen LogP contribution in [0.5, 0.6) is 0 Å². The van der Waals surface area contributed by atoms with E-state index in [1.807, 2.05) is 6.92 Å². The first-order chi connectivity index (χ1) is 6.68. The summed E-state index contributed by atoms with van der Waals surface area (Å²) in [4.78, 5) is 22.8. The van der Waals surface area contributed by atoms with Crippen molar-refractivity contribution in [3.05, 3.63) is 0 Å². The molecule has 1 heterocycles. The van der Waals surface area contributed by atoms with E-state index in [9.17, 15) is 9.59 Å². The van der Waals surface area contributed by atoms with Crippen LogP contribution in [0.4, 0.5) is 0 Å². The molecular formula is C11H16O3. The van der Waals surface area contributed by atoms with Crippen molar-refractivity contribution >= 4 is 11.8 Å². The Balaban J connectivity index is 2.12. The molecule has 0 aromatic carbocycles. The third-order valence-corrected chi connectivity index (χ3v) is 3.42. The first-order valence-electron chi connectivity index (χ1n) is 5.40. The molecule has 3 heteroatoms. The molecule has 0 amide bonds. The van der Waals surface area contributed by atoms with Gasteiger partial charge in [-0.3, -0.25) is 9.59 Å². The summed E-state index contributed by atoms with van der Waals surface area (Å²) in [6, 6.07) is 0. The molecule has 0 aromatic rings. The number of carbonyl (C=O) groups excluding carboxylic acids is 2. The molecule has 0 spiro atoms. The Morgan fingerprint density at radius 2 is 2.07 bits per heavy atom. The quantitative estimate of drug-likeness (QED) is 0.554. The first kappa shape index (κ1) is 9.69. The van der Waals surface area contributed by atoms with Crippen LogP contribution in [0.15, 0.2) is 0 Å². The molecule has 3 atom stereocenters. The van der Waals surface area contributed by atoms with Crippen LogP contribution in [0.2, 0.25) is 0 Å². The van der Waals surface area contributed by atoms with Gasteiger partial charge in [0.25, 0.3) is 0 Å². The zero-order valence-corrected chi connectivity index (χ0v) is 8.49. The van der Waals surface area contributed by atoms with Crippen LogP contribution in [-0.4, -0.2) is 17.9 Å². The Morgan fingerprint density at radius 1 is 1.29 bits per heavy atom. The van der Waals surface area contributed by atoms with Crippen molar-refractivity contribution in [1.29, 1.82) is 0 Å². The molecular weight excluding hydrogens is 180 g/mol. The summed E-state index contributed by atoms with van der Waals surface area (Å²) in [7, 11) is 0. The lowest BCUT2D eigenvalue weighted by Crippen LogP contribution is -2.24. The van der Waals surface area contributed by atoms with Crippen molar-refractivity contribution in [2.75, 3.05) is 0 Å². The first-order valence-corrected chi connectivity index (χ1v) is 5.40. The van der Waals surface area contributed by atoms with Crippen molar-refractivity contribution in [1.82, 2.24) is 0 Å². The van der Waals surface area contributed by atoms with E-state index in [0.717, 1.165) is 19.3 Å². The maximum Gasteiger partial charge on any atom is 0.309 e. The van der Waals surface area contributed by atoms with Gasteiger partial charge >= 0.3 is 5.97 Å². The van der Waals surface area contributed by atoms with Crippen LogP contribution in [0, 0.1) is 11.8 Å². The Morgan fingerprint density at radius 3 is 2.86 bits per heavy atom. The Kier molecular flexibility index (Phi) is 2.57. The molecule has 2 aliphatic rings. The highest BCUT2D eigenvalue weighted by Crippen LogP contribution is 2.35. The van der Waals surface area contributed by atoms with Gasteiger partial charge in [-0.05, 0) is 19.3 Å². The molecule has 0 aromatic heterocycles. The van der Waals surface area contributed by atoms with Crippen LogP contribution in [-0.2, 0) is 14.3 Å². The average Bonchev–Trinajstić information content (AvgIpc) is 2.37. The van der Waals surface area contributed by atoms with Gasteiger partial charge in [0.1, 0.15) is 11.9 Å². The lowest BCUT2D eigenvalue weighted by atomic mass is 9.82. The number of hydrogen-bond donors (Lipinski definition) is 0. The molecule has 1 aliphatic carbocycles. The van der Waals surface area contributed by atoms with E-state index in [0.29, 0.717) is 18.6 Å². The van der Waals surface area contributed by atoms with Crippen molar-refractivity contribution in [3.8, 4) is 0 Å². The molecule has 14 heavy (non-hydrogen) atoms. The van der Waals surface area contributed by atoms with E-state index in [4.69, 9.17) is 4.74 Å². The molecule has 1 saturated heterocycles. The van der Waals surface area contributed by atoms with Crippen molar-refractivity contribution in [3.63, 3.8) is 0 Å². The van der Waals surface area contributed by atoms with Gasteiger partial charge < -0.3 is 4.74 Å². The maximum absolute atomic E-state index is 11.5. The maximum atomic E-state index is 11.5. The number of carbonyl (C=O) groups is 2. The predicted octanol–water partition coefficient (Wildman–Crippen LogP) is 1.70. The highest BCUT2D eigenvalue weighted by molar-refractivity contribution is 5.81. The normalized spacial score (nSPS) is 38.5. The summed E-state index contributed by atoms with van der Waals surface area (Å²) >= 11 is 0. The summed E-state index contributed by atoms with van der Waals surface area (Å²) in [5.41, 5.74) is 0. The van der Waals surface area contributed by atoms with Gasteiger partial charge in [-0.15, -0.1) is 0 Å². The van der Waals surface area contributed by atoms with Crippen LogP contribution >= 0.6 is 0 Å². The summed E-state index contributed by atoms with van der Waals surface area (Å²) in [6.45, 7) is 1.88. The topological polar surface area (TPSA) is 43.4 Å². The van der Waals surface area contributed by atoms with Gasteiger partial charge in [0.15, 0.2) is 0 Å². The number of esters is 1. The molecule has 2 fully saturated rings. The average molecular weight is 196 g/mol. The fraction of sp³-hybridized carbons (Fsp3) is 0.818. The van der Waals surface area contributed by atoms with Crippen LogP contribution in [0.1, 0.15) is 39.0 Å². The number of Topliss-reactive ketones (excluding diaryl/α,β-unsaturated/α-hetero) is 1. The van der Waals surface area contributed by atoms with E-state index in [1.165, 1.54) is 0 Å². The lowest BCUT2D eigenvalue weighted by Gasteiger charge is -2.21. The number of ether oxygens (including phenoxy) is 1. The largest absolute Gasteiger partial charge is 0.462 e. The second kappa shape index (κ2) is 3.71. The number of rotatable bonds is 0. The summed E-state index contributed by atoms with van der Waals surface area (Å²) in [5.74, 6) is 0.247. The third kappa shape index (κ3) is 1.68. The molecule has 78 valence electrons. The minimum Gasteiger partial charge on any atom is -0.462 e. The number of hydrogen-bond acceptors (Lipinski definition) is 3. The van der Waals surface area contributed by atoms with Gasteiger partial charge in [-0.25, -0.2) is 0 Å². The minimum absolute atomic E-state index is 0.0155. The number of ketones is 1. The standard InChI is InChI=1S/C11H16O3/c1-7-9-6-8(12)4-2-3-5-10(9)14-11(7)13/h7,9-10H,2-6H2,1H3/t7-,9-,10+/m0/s1.